The third-order valence-corrected chi connectivity index (χ3v) is 4.94. The zero-order valence-electron chi connectivity index (χ0n) is 12.2. The van der Waals surface area contributed by atoms with Crippen LogP contribution in [0.3, 0.4) is 0 Å². The summed E-state index contributed by atoms with van der Waals surface area (Å²) in [5, 5.41) is 8.60. The van der Waals surface area contributed by atoms with E-state index in [-0.39, 0.29) is 12.1 Å². The van der Waals surface area contributed by atoms with Crippen LogP contribution in [0.5, 0.6) is 0 Å². The molecule has 1 aliphatic heterocycles. The SMILES string of the molecule is Clc1ccc(C2CC(c3ccc(Br)cc3)n3ncnc3N2)cc1. The van der Waals surface area contributed by atoms with Crippen molar-refractivity contribution in [2.75, 3.05) is 5.32 Å². The van der Waals surface area contributed by atoms with Crippen LogP contribution in [0.15, 0.2) is 59.3 Å². The lowest BCUT2D eigenvalue weighted by atomic mass is 9.93. The van der Waals surface area contributed by atoms with Gasteiger partial charge in [0.05, 0.1) is 12.1 Å². The van der Waals surface area contributed by atoms with Crippen molar-refractivity contribution in [3.05, 3.63) is 75.5 Å². The van der Waals surface area contributed by atoms with E-state index in [0.29, 0.717) is 0 Å². The molecule has 0 spiro atoms. The van der Waals surface area contributed by atoms with Gasteiger partial charge in [0.2, 0.25) is 5.95 Å². The van der Waals surface area contributed by atoms with Gasteiger partial charge < -0.3 is 5.32 Å². The highest BCUT2D eigenvalue weighted by Gasteiger charge is 2.29. The molecular formula is C17H14BrClN4. The maximum atomic E-state index is 6.00. The molecule has 2 aromatic carbocycles. The molecule has 3 aromatic rings. The van der Waals surface area contributed by atoms with Crippen molar-refractivity contribution in [3.8, 4) is 0 Å². The zero-order chi connectivity index (χ0) is 15.8. The first-order chi connectivity index (χ1) is 11.2. The molecule has 0 saturated carbocycles. The average Bonchev–Trinajstić information content (AvgIpc) is 3.04. The number of nitrogens with one attached hydrogen (secondary N) is 1. The molecule has 0 aliphatic carbocycles. The third kappa shape index (κ3) is 2.86. The van der Waals surface area contributed by atoms with Gasteiger partial charge in [0.1, 0.15) is 6.33 Å². The minimum absolute atomic E-state index is 0.155. The first-order valence-electron chi connectivity index (χ1n) is 7.38. The molecule has 0 bridgehead atoms. The number of anilines is 1. The Bertz CT molecular complexity index is 813. The maximum absolute atomic E-state index is 6.00. The average molecular weight is 390 g/mol. The van der Waals surface area contributed by atoms with Crippen molar-refractivity contribution < 1.29 is 0 Å². The van der Waals surface area contributed by atoms with Crippen molar-refractivity contribution in [1.82, 2.24) is 14.8 Å². The van der Waals surface area contributed by atoms with E-state index in [0.717, 1.165) is 21.9 Å². The molecule has 1 aliphatic rings. The molecule has 1 N–H and O–H groups in total. The minimum atomic E-state index is 0.155. The second kappa shape index (κ2) is 5.98. The molecule has 1 aromatic heterocycles. The van der Waals surface area contributed by atoms with E-state index in [1.165, 1.54) is 11.1 Å². The standard InChI is InChI=1S/C17H14BrClN4/c18-13-5-1-12(2-6-13)16-9-15(11-3-7-14(19)8-4-11)22-17-20-10-21-23(16)17/h1-8,10,15-16H,9H2,(H,20,21,22). The largest absolute Gasteiger partial charge is 0.348 e. The number of nitrogens with zero attached hydrogens (tertiary/aromatic N) is 3. The van der Waals surface area contributed by atoms with E-state index in [2.05, 4.69) is 67.7 Å². The number of halogens is 2. The molecule has 4 rings (SSSR count). The van der Waals surface area contributed by atoms with E-state index in [1.807, 2.05) is 16.8 Å². The lowest BCUT2D eigenvalue weighted by Gasteiger charge is -2.31. The number of rotatable bonds is 2. The fraction of sp³-hybridized carbons (Fsp3) is 0.176. The van der Waals surface area contributed by atoms with Crippen LogP contribution in [-0.2, 0) is 0 Å². The highest BCUT2D eigenvalue weighted by molar-refractivity contribution is 9.10. The van der Waals surface area contributed by atoms with Gasteiger partial charge >= 0.3 is 0 Å². The Morgan fingerprint density at radius 3 is 2.48 bits per heavy atom. The first-order valence-corrected chi connectivity index (χ1v) is 8.55. The summed E-state index contributed by atoms with van der Waals surface area (Å²) < 4.78 is 3.03. The van der Waals surface area contributed by atoms with Crippen LogP contribution < -0.4 is 5.32 Å². The molecule has 4 nitrogen and oxygen atoms in total. The van der Waals surface area contributed by atoms with Gasteiger partial charge in [0, 0.05) is 9.50 Å². The molecule has 23 heavy (non-hydrogen) atoms. The van der Waals surface area contributed by atoms with E-state index >= 15 is 0 Å². The van der Waals surface area contributed by atoms with E-state index in [9.17, 15) is 0 Å². The smallest absolute Gasteiger partial charge is 0.222 e. The summed E-state index contributed by atoms with van der Waals surface area (Å²) >= 11 is 9.49. The summed E-state index contributed by atoms with van der Waals surface area (Å²) in [7, 11) is 0. The molecule has 0 fully saturated rings. The van der Waals surface area contributed by atoms with Crippen LogP contribution in [0.25, 0.3) is 0 Å². The molecule has 2 unspecified atom stereocenters. The summed E-state index contributed by atoms with van der Waals surface area (Å²) in [5.41, 5.74) is 2.42. The highest BCUT2D eigenvalue weighted by Crippen LogP contribution is 2.37. The van der Waals surface area contributed by atoms with Gasteiger partial charge in [0.25, 0.3) is 0 Å². The van der Waals surface area contributed by atoms with Gasteiger partial charge in [-0.3, -0.25) is 0 Å². The van der Waals surface area contributed by atoms with Crippen LogP contribution in [0, 0.1) is 0 Å². The van der Waals surface area contributed by atoms with Crippen molar-refractivity contribution in [2.45, 2.75) is 18.5 Å². The number of benzene rings is 2. The quantitative estimate of drug-likeness (QED) is 0.682. The predicted molar refractivity (Wildman–Crippen MR) is 94.7 cm³/mol. The second-order valence-corrected chi connectivity index (χ2v) is 6.93. The van der Waals surface area contributed by atoms with Crippen LogP contribution in [-0.4, -0.2) is 14.8 Å². The second-order valence-electron chi connectivity index (χ2n) is 5.58. The summed E-state index contributed by atoms with van der Waals surface area (Å²) in [6.45, 7) is 0. The molecule has 0 amide bonds. The normalized spacial score (nSPS) is 19.9. The van der Waals surface area contributed by atoms with Gasteiger partial charge in [-0.15, -0.1) is 0 Å². The van der Waals surface area contributed by atoms with Crippen molar-refractivity contribution in [2.24, 2.45) is 0 Å². The van der Waals surface area contributed by atoms with Gasteiger partial charge in [-0.05, 0) is 41.8 Å². The Kier molecular flexibility index (Phi) is 3.83. The maximum Gasteiger partial charge on any atom is 0.222 e. The van der Waals surface area contributed by atoms with Gasteiger partial charge in [0.15, 0.2) is 0 Å². The predicted octanol–water partition coefficient (Wildman–Crippen LogP) is 4.84. The van der Waals surface area contributed by atoms with E-state index in [4.69, 9.17) is 11.6 Å². The van der Waals surface area contributed by atoms with Gasteiger partial charge in [-0.2, -0.15) is 10.1 Å². The van der Waals surface area contributed by atoms with Crippen LogP contribution in [0.2, 0.25) is 5.02 Å². The van der Waals surface area contributed by atoms with Crippen LogP contribution >= 0.6 is 27.5 Å². The van der Waals surface area contributed by atoms with Crippen molar-refractivity contribution >= 4 is 33.5 Å². The summed E-state index contributed by atoms with van der Waals surface area (Å²) in [6, 6.07) is 16.7. The Labute approximate surface area is 147 Å². The third-order valence-electron chi connectivity index (χ3n) is 4.16. The Hall–Kier alpha value is -1.85. The number of fused-ring (bicyclic) bond motifs is 1. The molecule has 2 heterocycles. The lowest BCUT2D eigenvalue weighted by Crippen LogP contribution is -2.28. The summed E-state index contributed by atoms with van der Waals surface area (Å²) in [5.74, 6) is 0.795. The lowest BCUT2D eigenvalue weighted by molar-refractivity contribution is 0.431. The summed E-state index contributed by atoms with van der Waals surface area (Å²) in [4.78, 5) is 4.35. The van der Waals surface area contributed by atoms with Crippen molar-refractivity contribution in [1.29, 1.82) is 0 Å². The van der Waals surface area contributed by atoms with E-state index < -0.39 is 0 Å². The number of aromatic nitrogens is 3. The summed E-state index contributed by atoms with van der Waals surface area (Å²) in [6.07, 6.45) is 2.50. The minimum Gasteiger partial charge on any atom is -0.348 e. The number of hydrogen-bond acceptors (Lipinski definition) is 3. The molecule has 0 radical (unpaired) electrons. The molecule has 0 saturated heterocycles. The molecule has 6 heteroatoms. The Balaban J connectivity index is 1.71. The molecular weight excluding hydrogens is 376 g/mol. The monoisotopic (exact) mass is 388 g/mol. The van der Waals surface area contributed by atoms with Gasteiger partial charge in [-0.1, -0.05) is 51.8 Å². The van der Waals surface area contributed by atoms with Crippen LogP contribution in [0.1, 0.15) is 29.6 Å². The first kappa shape index (κ1) is 14.7. The number of hydrogen-bond donors (Lipinski definition) is 1. The van der Waals surface area contributed by atoms with Gasteiger partial charge in [-0.25, -0.2) is 4.68 Å². The topological polar surface area (TPSA) is 42.7 Å². The Morgan fingerprint density at radius 2 is 1.74 bits per heavy atom. The highest BCUT2D eigenvalue weighted by atomic mass is 79.9. The van der Waals surface area contributed by atoms with Crippen molar-refractivity contribution in [3.63, 3.8) is 0 Å². The Morgan fingerprint density at radius 1 is 1.04 bits per heavy atom. The molecule has 116 valence electrons. The van der Waals surface area contributed by atoms with E-state index in [1.54, 1.807) is 6.33 Å². The molecule has 2 atom stereocenters. The van der Waals surface area contributed by atoms with Crippen LogP contribution in [0.4, 0.5) is 5.95 Å². The fourth-order valence-electron chi connectivity index (χ4n) is 3.00. The zero-order valence-corrected chi connectivity index (χ0v) is 14.5. The fourth-order valence-corrected chi connectivity index (χ4v) is 3.39.